The third-order valence-electron chi connectivity index (χ3n) is 4.67. The van der Waals surface area contributed by atoms with Crippen molar-refractivity contribution in [1.29, 1.82) is 0 Å². The average molecular weight is 411 g/mol. The summed E-state index contributed by atoms with van der Waals surface area (Å²) in [4.78, 5) is 25.1. The number of aromatic nitrogens is 4. The average Bonchev–Trinajstić information content (AvgIpc) is 3.29. The first kappa shape index (κ1) is 21.1. The molecule has 0 fully saturated rings. The van der Waals surface area contributed by atoms with Crippen molar-refractivity contribution in [3.05, 3.63) is 59.1 Å². The molecule has 0 aliphatic rings. The predicted molar refractivity (Wildman–Crippen MR) is 112 cm³/mol. The van der Waals surface area contributed by atoms with Gasteiger partial charge in [-0.05, 0) is 43.7 Å². The highest BCUT2D eigenvalue weighted by atomic mass is 16.5. The van der Waals surface area contributed by atoms with Gasteiger partial charge in [-0.3, -0.25) is 14.3 Å². The van der Waals surface area contributed by atoms with E-state index in [1.54, 1.807) is 37.0 Å². The molecule has 1 aromatic carbocycles. The van der Waals surface area contributed by atoms with Crippen LogP contribution in [0.2, 0.25) is 0 Å². The van der Waals surface area contributed by atoms with Gasteiger partial charge in [0.25, 0.3) is 5.56 Å². The van der Waals surface area contributed by atoms with E-state index in [4.69, 9.17) is 9.47 Å². The van der Waals surface area contributed by atoms with Crippen LogP contribution in [0.3, 0.4) is 0 Å². The molecule has 9 heteroatoms. The molecule has 1 amide bonds. The maximum absolute atomic E-state index is 12.6. The van der Waals surface area contributed by atoms with Crippen LogP contribution in [0.15, 0.2) is 53.6 Å². The first-order valence-electron chi connectivity index (χ1n) is 9.61. The Bertz CT molecular complexity index is 1030. The number of rotatable bonds is 9. The molecule has 0 saturated carbocycles. The molecule has 1 N–H and O–H groups in total. The third-order valence-corrected chi connectivity index (χ3v) is 4.67. The van der Waals surface area contributed by atoms with Gasteiger partial charge in [-0.15, -0.1) is 0 Å². The molecule has 1 atom stereocenters. The number of hydrogen-bond donors (Lipinski definition) is 1. The van der Waals surface area contributed by atoms with Crippen molar-refractivity contribution in [2.45, 2.75) is 25.9 Å². The second-order valence-electron chi connectivity index (χ2n) is 6.66. The van der Waals surface area contributed by atoms with Crippen molar-refractivity contribution >= 4 is 5.91 Å². The number of nitrogens with zero attached hydrogens (tertiary/aromatic N) is 4. The van der Waals surface area contributed by atoms with Crippen molar-refractivity contribution in [3.63, 3.8) is 0 Å². The molecular formula is C21H25N5O4. The topological polar surface area (TPSA) is 100 Å². The lowest BCUT2D eigenvalue weighted by atomic mass is 10.1. The van der Waals surface area contributed by atoms with Gasteiger partial charge in [0.15, 0.2) is 5.75 Å². The quantitative estimate of drug-likeness (QED) is 0.540. The van der Waals surface area contributed by atoms with Crippen LogP contribution in [-0.2, 0) is 11.3 Å². The summed E-state index contributed by atoms with van der Waals surface area (Å²) >= 11 is 0. The van der Waals surface area contributed by atoms with Crippen molar-refractivity contribution in [2.24, 2.45) is 0 Å². The van der Waals surface area contributed by atoms with Gasteiger partial charge >= 0.3 is 0 Å². The minimum Gasteiger partial charge on any atom is -0.497 e. The zero-order valence-electron chi connectivity index (χ0n) is 17.2. The van der Waals surface area contributed by atoms with Gasteiger partial charge in [0, 0.05) is 37.1 Å². The molecule has 3 aromatic rings. The first-order chi connectivity index (χ1) is 14.5. The van der Waals surface area contributed by atoms with Gasteiger partial charge in [0.2, 0.25) is 5.91 Å². The van der Waals surface area contributed by atoms with Crippen LogP contribution in [0.25, 0.3) is 11.3 Å². The fraction of sp³-hybridized carbons (Fsp3) is 0.333. The monoisotopic (exact) mass is 411 g/mol. The lowest BCUT2D eigenvalue weighted by Crippen LogP contribution is -2.37. The number of hydrogen-bond acceptors (Lipinski definition) is 6. The molecule has 0 saturated heterocycles. The molecule has 0 spiro atoms. The Labute approximate surface area is 174 Å². The third kappa shape index (κ3) is 4.86. The number of carbonyl (C=O) groups is 1. The minimum absolute atomic E-state index is 0.282. The van der Waals surface area contributed by atoms with E-state index < -0.39 is 11.6 Å². The molecule has 0 aliphatic carbocycles. The van der Waals surface area contributed by atoms with Crippen molar-refractivity contribution in [3.8, 4) is 22.8 Å². The number of benzene rings is 1. The Morgan fingerprint density at radius 1 is 1.20 bits per heavy atom. The van der Waals surface area contributed by atoms with E-state index in [9.17, 15) is 9.59 Å². The summed E-state index contributed by atoms with van der Waals surface area (Å²) in [5.74, 6) is 0.762. The number of aryl methyl sites for hydroxylation is 1. The first-order valence-corrected chi connectivity index (χ1v) is 9.61. The van der Waals surface area contributed by atoms with E-state index in [0.717, 1.165) is 12.0 Å². The van der Waals surface area contributed by atoms with Crippen LogP contribution in [0.1, 0.15) is 19.4 Å². The zero-order chi connectivity index (χ0) is 21.5. The molecule has 30 heavy (non-hydrogen) atoms. The molecule has 9 nitrogen and oxygen atoms in total. The molecule has 0 radical (unpaired) electrons. The number of nitrogens with one attached hydrogen (secondary N) is 1. The smallest absolute Gasteiger partial charge is 0.271 e. The van der Waals surface area contributed by atoms with Gasteiger partial charge in [-0.1, -0.05) is 0 Å². The van der Waals surface area contributed by atoms with Crippen molar-refractivity contribution < 1.29 is 14.3 Å². The maximum atomic E-state index is 12.6. The molecule has 0 bridgehead atoms. The van der Waals surface area contributed by atoms with Crippen LogP contribution in [0.4, 0.5) is 0 Å². The summed E-state index contributed by atoms with van der Waals surface area (Å²) in [5.41, 5.74) is 0.801. The Balaban J connectivity index is 1.74. The fourth-order valence-corrected chi connectivity index (χ4v) is 2.98. The molecular weight excluding hydrogens is 386 g/mol. The molecule has 3 rings (SSSR count). The number of methoxy groups -OCH3 is 2. The van der Waals surface area contributed by atoms with Crippen LogP contribution in [0, 0.1) is 0 Å². The van der Waals surface area contributed by atoms with E-state index in [1.165, 1.54) is 17.9 Å². The standard InChI is InChI=1S/C21H25N5O4/c1-15(21(28)22-10-4-12-25-13-5-11-23-25)26-19(27)14-18(30-3)20(24-26)16-6-8-17(29-2)9-7-16/h5-9,11,13-15H,4,10,12H2,1-3H3,(H,22,28). The Hall–Kier alpha value is -3.62. The number of ether oxygens (including phenoxy) is 2. The Kier molecular flexibility index (Phi) is 6.84. The van der Waals surface area contributed by atoms with Crippen LogP contribution >= 0.6 is 0 Å². The highest BCUT2D eigenvalue weighted by molar-refractivity contribution is 5.79. The Morgan fingerprint density at radius 3 is 2.60 bits per heavy atom. The normalized spacial score (nSPS) is 11.7. The molecule has 2 aromatic heterocycles. The van der Waals surface area contributed by atoms with Crippen molar-refractivity contribution in [2.75, 3.05) is 20.8 Å². The molecule has 0 aliphatic heterocycles. The second kappa shape index (κ2) is 9.73. The highest BCUT2D eigenvalue weighted by Gasteiger charge is 2.20. The van der Waals surface area contributed by atoms with Gasteiger partial charge < -0.3 is 14.8 Å². The molecule has 2 heterocycles. The minimum atomic E-state index is -0.773. The van der Waals surface area contributed by atoms with Gasteiger partial charge in [-0.25, -0.2) is 4.68 Å². The lowest BCUT2D eigenvalue weighted by Gasteiger charge is -2.17. The molecule has 158 valence electrons. The Morgan fingerprint density at radius 2 is 1.97 bits per heavy atom. The highest BCUT2D eigenvalue weighted by Crippen LogP contribution is 2.28. The largest absolute Gasteiger partial charge is 0.497 e. The number of amides is 1. The van der Waals surface area contributed by atoms with Crippen molar-refractivity contribution in [1.82, 2.24) is 24.9 Å². The summed E-state index contributed by atoms with van der Waals surface area (Å²) in [7, 11) is 3.06. The summed E-state index contributed by atoms with van der Waals surface area (Å²) in [6, 6.07) is 9.64. The number of carbonyl (C=O) groups excluding carboxylic acids is 1. The molecule has 1 unspecified atom stereocenters. The van der Waals surface area contributed by atoms with Gasteiger partial charge in [-0.2, -0.15) is 10.2 Å². The van der Waals surface area contributed by atoms with Gasteiger partial charge in [0.1, 0.15) is 17.5 Å². The van der Waals surface area contributed by atoms with E-state index in [-0.39, 0.29) is 5.91 Å². The second-order valence-corrected chi connectivity index (χ2v) is 6.66. The predicted octanol–water partition coefficient (Wildman–Crippen LogP) is 1.89. The van der Waals surface area contributed by atoms with Gasteiger partial charge in [0.05, 0.1) is 14.2 Å². The van der Waals surface area contributed by atoms with Crippen LogP contribution < -0.4 is 20.3 Å². The summed E-state index contributed by atoms with van der Waals surface area (Å²) in [6.45, 7) is 2.81. The summed E-state index contributed by atoms with van der Waals surface area (Å²) in [5, 5.41) is 11.4. The SMILES string of the molecule is COc1ccc(-c2nn(C(C)C(=O)NCCCn3cccn3)c(=O)cc2OC)cc1. The summed E-state index contributed by atoms with van der Waals surface area (Å²) in [6.07, 6.45) is 4.30. The van der Waals surface area contributed by atoms with E-state index in [0.29, 0.717) is 30.3 Å². The van der Waals surface area contributed by atoms with E-state index in [2.05, 4.69) is 15.5 Å². The van der Waals surface area contributed by atoms with E-state index in [1.807, 2.05) is 24.4 Å². The lowest BCUT2D eigenvalue weighted by molar-refractivity contribution is -0.124. The maximum Gasteiger partial charge on any atom is 0.271 e. The zero-order valence-corrected chi connectivity index (χ0v) is 17.2. The fourth-order valence-electron chi connectivity index (χ4n) is 2.98. The summed E-state index contributed by atoms with van der Waals surface area (Å²) < 4.78 is 13.5. The van der Waals surface area contributed by atoms with Crippen LogP contribution in [-0.4, -0.2) is 46.2 Å². The van der Waals surface area contributed by atoms with Crippen LogP contribution in [0.5, 0.6) is 11.5 Å². The van der Waals surface area contributed by atoms with E-state index >= 15 is 0 Å².